The van der Waals surface area contributed by atoms with Crippen LogP contribution in [-0.4, -0.2) is 12.6 Å². The van der Waals surface area contributed by atoms with Gasteiger partial charge in [0.15, 0.2) is 0 Å². The zero-order chi connectivity index (χ0) is 10.2. The van der Waals surface area contributed by atoms with Crippen molar-refractivity contribution in [2.45, 2.75) is 25.8 Å². The van der Waals surface area contributed by atoms with Crippen molar-refractivity contribution in [3.8, 4) is 5.75 Å². The zero-order valence-corrected chi connectivity index (χ0v) is 8.57. The number of hydrogen-bond donors (Lipinski definition) is 2. The van der Waals surface area contributed by atoms with Crippen LogP contribution in [0.15, 0.2) is 30.3 Å². The smallest absolute Gasteiger partial charge is 0.119 e. The number of nitrogens with two attached hydrogens (primary N) is 1. The lowest BCUT2D eigenvalue weighted by molar-refractivity contribution is 0.257. The fourth-order valence-corrected chi connectivity index (χ4v) is 1.28. The lowest BCUT2D eigenvalue weighted by atomic mass is 10.2. The average molecular weight is 194 g/mol. The van der Waals surface area contributed by atoms with Crippen LogP contribution in [0.2, 0.25) is 0 Å². The highest BCUT2D eigenvalue weighted by Gasteiger charge is 2.05. The number of nitrogens with one attached hydrogen (secondary N) is 1. The van der Waals surface area contributed by atoms with Crippen LogP contribution in [0.4, 0.5) is 0 Å². The Morgan fingerprint density at radius 1 is 1.36 bits per heavy atom. The second-order valence-electron chi connectivity index (χ2n) is 3.28. The van der Waals surface area contributed by atoms with Gasteiger partial charge in [-0.15, -0.1) is 0 Å². The maximum absolute atomic E-state index is 5.57. The third kappa shape index (κ3) is 3.77. The molecule has 0 radical (unpaired) electrons. The summed E-state index contributed by atoms with van der Waals surface area (Å²) in [5.74, 6) is 6.29. The summed E-state index contributed by atoms with van der Waals surface area (Å²) in [6.07, 6.45) is 2.14. The molecule has 0 heterocycles. The molecule has 1 unspecified atom stereocenters. The fourth-order valence-electron chi connectivity index (χ4n) is 1.28. The standard InChI is InChI=1S/C11H18N2O/c1-2-6-10(13-12)9-14-11-7-4-3-5-8-11/h3-5,7-8,10,13H,2,6,9,12H2,1H3. The van der Waals surface area contributed by atoms with Gasteiger partial charge in [-0.1, -0.05) is 31.5 Å². The summed E-state index contributed by atoms with van der Waals surface area (Å²) >= 11 is 0. The van der Waals surface area contributed by atoms with E-state index in [1.54, 1.807) is 0 Å². The van der Waals surface area contributed by atoms with Crippen LogP contribution in [0.3, 0.4) is 0 Å². The molecule has 78 valence electrons. The van der Waals surface area contributed by atoms with E-state index in [1.807, 2.05) is 30.3 Å². The molecule has 1 rings (SSSR count). The molecule has 0 saturated carbocycles. The molecular weight excluding hydrogens is 176 g/mol. The van der Waals surface area contributed by atoms with Gasteiger partial charge >= 0.3 is 0 Å². The minimum absolute atomic E-state index is 0.236. The van der Waals surface area contributed by atoms with Crippen molar-refractivity contribution in [1.82, 2.24) is 5.43 Å². The molecule has 0 fully saturated rings. The summed E-state index contributed by atoms with van der Waals surface area (Å²) in [6, 6.07) is 10.0. The van der Waals surface area contributed by atoms with Gasteiger partial charge < -0.3 is 4.74 Å². The van der Waals surface area contributed by atoms with Crippen LogP contribution in [-0.2, 0) is 0 Å². The van der Waals surface area contributed by atoms with Gasteiger partial charge in [0.25, 0.3) is 0 Å². The Hall–Kier alpha value is -1.06. The normalized spacial score (nSPS) is 12.4. The van der Waals surface area contributed by atoms with Crippen molar-refractivity contribution < 1.29 is 4.74 Å². The van der Waals surface area contributed by atoms with Crippen LogP contribution in [0, 0.1) is 0 Å². The lowest BCUT2D eigenvalue weighted by Gasteiger charge is -2.15. The molecule has 3 nitrogen and oxygen atoms in total. The second-order valence-corrected chi connectivity index (χ2v) is 3.28. The van der Waals surface area contributed by atoms with E-state index < -0.39 is 0 Å². The molecule has 3 heteroatoms. The Labute approximate surface area is 85.2 Å². The molecule has 1 aromatic rings. The van der Waals surface area contributed by atoms with Gasteiger partial charge in [0.2, 0.25) is 0 Å². The zero-order valence-electron chi connectivity index (χ0n) is 8.57. The van der Waals surface area contributed by atoms with Gasteiger partial charge in [0.1, 0.15) is 12.4 Å². The summed E-state index contributed by atoms with van der Waals surface area (Å²) in [6.45, 7) is 2.75. The SMILES string of the molecule is CCCC(COc1ccccc1)NN. The topological polar surface area (TPSA) is 47.3 Å². The quantitative estimate of drug-likeness (QED) is 0.535. The van der Waals surface area contributed by atoms with Crippen LogP contribution in [0.1, 0.15) is 19.8 Å². The minimum atomic E-state index is 0.236. The molecule has 0 aliphatic carbocycles. The van der Waals surface area contributed by atoms with E-state index in [-0.39, 0.29) is 6.04 Å². The first-order chi connectivity index (χ1) is 6.86. The molecule has 0 bridgehead atoms. The molecule has 0 aromatic heterocycles. The van der Waals surface area contributed by atoms with E-state index in [9.17, 15) is 0 Å². The second kappa shape index (κ2) is 6.40. The number of rotatable bonds is 6. The molecule has 14 heavy (non-hydrogen) atoms. The number of hydrazine groups is 1. The van der Waals surface area contributed by atoms with Crippen molar-refractivity contribution in [2.75, 3.05) is 6.61 Å². The van der Waals surface area contributed by atoms with Crippen molar-refractivity contribution in [2.24, 2.45) is 5.84 Å². The van der Waals surface area contributed by atoms with Crippen molar-refractivity contribution >= 4 is 0 Å². The third-order valence-electron chi connectivity index (χ3n) is 2.07. The lowest BCUT2D eigenvalue weighted by Crippen LogP contribution is -2.39. The van der Waals surface area contributed by atoms with E-state index in [1.165, 1.54) is 0 Å². The first-order valence-corrected chi connectivity index (χ1v) is 5.00. The Morgan fingerprint density at radius 2 is 2.07 bits per heavy atom. The highest BCUT2D eigenvalue weighted by molar-refractivity contribution is 5.20. The molecule has 0 saturated heterocycles. The molecule has 1 atom stereocenters. The third-order valence-corrected chi connectivity index (χ3v) is 2.07. The molecule has 0 spiro atoms. The van der Waals surface area contributed by atoms with Crippen LogP contribution < -0.4 is 16.0 Å². The molecular formula is C11H18N2O. The largest absolute Gasteiger partial charge is 0.492 e. The van der Waals surface area contributed by atoms with E-state index in [0.29, 0.717) is 6.61 Å². The predicted molar refractivity (Wildman–Crippen MR) is 58.0 cm³/mol. The number of benzene rings is 1. The highest BCUT2D eigenvalue weighted by atomic mass is 16.5. The highest BCUT2D eigenvalue weighted by Crippen LogP contribution is 2.09. The van der Waals surface area contributed by atoms with Crippen molar-refractivity contribution in [3.05, 3.63) is 30.3 Å². The molecule has 0 aliphatic rings. The summed E-state index contributed by atoms with van der Waals surface area (Å²) in [7, 11) is 0. The van der Waals surface area contributed by atoms with Gasteiger partial charge in [0.05, 0.1) is 6.04 Å². The number of hydrogen-bond acceptors (Lipinski definition) is 3. The Bertz CT molecular complexity index is 238. The average Bonchev–Trinajstić information content (AvgIpc) is 2.25. The van der Waals surface area contributed by atoms with Crippen LogP contribution in [0.25, 0.3) is 0 Å². The first-order valence-electron chi connectivity index (χ1n) is 5.00. The minimum Gasteiger partial charge on any atom is -0.492 e. The van der Waals surface area contributed by atoms with E-state index in [2.05, 4.69) is 12.3 Å². The molecule has 3 N–H and O–H groups in total. The maximum Gasteiger partial charge on any atom is 0.119 e. The van der Waals surface area contributed by atoms with E-state index in [0.717, 1.165) is 18.6 Å². The number of ether oxygens (including phenoxy) is 1. The Balaban J connectivity index is 2.32. The van der Waals surface area contributed by atoms with Gasteiger partial charge in [0, 0.05) is 0 Å². The molecule has 0 amide bonds. The van der Waals surface area contributed by atoms with Crippen LogP contribution in [0.5, 0.6) is 5.75 Å². The predicted octanol–water partition coefficient (Wildman–Crippen LogP) is 1.70. The van der Waals surface area contributed by atoms with Gasteiger partial charge in [-0.3, -0.25) is 11.3 Å². The number of para-hydroxylation sites is 1. The van der Waals surface area contributed by atoms with Crippen LogP contribution >= 0.6 is 0 Å². The van der Waals surface area contributed by atoms with Gasteiger partial charge in [-0.25, -0.2) is 0 Å². The molecule has 0 aliphatic heterocycles. The summed E-state index contributed by atoms with van der Waals surface area (Å²) < 4.78 is 5.57. The summed E-state index contributed by atoms with van der Waals surface area (Å²) in [4.78, 5) is 0. The Kier molecular flexibility index (Phi) is 5.04. The maximum atomic E-state index is 5.57. The fraction of sp³-hybridized carbons (Fsp3) is 0.455. The first kappa shape index (κ1) is 11.0. The Morgan fingerprint density at radius 3 is 2.64 bits per heavy atom. The summed E-state index contributed by atoms with van der Waals surface area (Å²) in [5, 5.41) is 0. The van der Waals surface area contributed by atoms with E-state index >= 15 is 0 Å². The van der Waals surface area contributed by atoms with Gasteiger partial charge in [-0.05, 0) is 18.6 Å². The van der Waals surface area contributed by atoms with E-state index in [4.69, 9.17) is 10.6 Å². The van der Waals surface area contributed by atoms with Gasteiger partial charge in [-0.2, -0.15) is 0 Å². The monoisotopic (exact) mass is 194 g/mol. The van der Waals surface area contributed by atoms with Crippen molar-refractivity contribution in [3.63, 3.8) is 0 Å². The molecule has 1 aromatic carbocycles. The summed E-state index contributed by atoms with van der Waals surface area (Å²) in [5.41, 5.74) is 2.75. The van der Waals surface area contributed by atoms with Crippen molar-refractivity contribution in [1.29, 1.82) is 0 Å².